The zero-order chi connectivity index (χ0) is 17.1. The lowest BCUT2D eigenvalue weighted by Gasteiger charge is -2.30. The van der Waals surface area contributed by atoms with E-state index in [0.29, 0.717) is 11.6 Å². The van der Waals surface area contributed by atoms with Gasteiger partial charge in [-0.25, -0.2) is 0 Å². The van der Waals surface area contributed by atoms with Crippen LogP contribution in [0.5, 0.6) is 0 Å². The molecular formula is C21H25N3O. The zero-order valence-electron chi connectivity index (χ0n) is 14.6. The van der Waals surface area contributed by atoms with Crippen molar-refractivity contribution in [3.63, 3.8) is 0 Å². The molecule has 2 aliphatic rings. The van der Waals surface area contributed by atoms with E-state index in [0.717, 1.165) is 38.0 Å². The van der Waals surface area contributed by atoms with E-state index in [1.165, 1.54) is 30.4 Å². The zero-order valence-corrected chi connectivity index (χ0v) is 14.6. The van der Waals surface area contributed by atoms with E-state index in [9.17, 15) is 4.79 Å². The predicted octanol–water partition coefficient (Wildman–Crippen LogP) is 3.71. The number of nitrogens with zero attached hydrogens (tertiary/aromatic N) is 2. The molecule has 0 atom stereocenters. The Morgan fingerprint density at radius 1 is 1.08 bits per heavy atom. The van der Waals surface area contributed by atoms with Crippen LogP contribution in [0.2, 0.25) is 0 Å². The van der Waals surface area contributed by atoms with E-state index in [4.69, 9.17) is 0 Å². The number of carbonyl (C=O) groups excluding carboxylic acids is 1. The lowest BCUT2D eigenvalue weighted by molar-refractivity contribution is 0.0927. The number of anilines is 1. The minimum atomic E-state index is 0.0126. The summed E-state index contributed by atoms with van der Waals surface area (Å²) >= 11 is 0. The summed E-state index contributed by atoms with van der Waals surface area (Å²) in [4.78, 5) is 19.2. The highest BCUT2D eigenvalue weighted by Gasteiger charge is 2.19. The molecule has 1 aromatic heterocycles. The standard InChI is InChI=1S/C21H25N3O/c25-21(23-19-8-2-1-3-9-19)18-12-20(14-22-13-18)24-11-10-16-6-4-5-7-17(16)15-24/h4-7,12-14,19H,1-3,8-11,15H2,(H,23,25). The molecule has 130 valence electrons. The third kappa shape index (κ3) is 3.68. The van der Waals surface area contributed by atoms with Crippen LogP contribution in [0.3, 0.4) is 0 Å². The van der Waals surface area contributed by atoms with Crippen LogP contribution in [0, 0.1) is 0 Å². The number of hydrogen-bond acceptors (Lipinski definition) is 3. The number of fused-ring (bicyclic) bond motifs is 1. The van der Waals surface area contributed by atoms with Gasteiger partial charge in [0, 0.05) is 25.3 Å². The number of rotatable bonds is 3. The summed E-state index contributed by atoms with van der Waals surface area (Å²) in [6, 6.07) is 10.9. The second-order valence-electron chi connectivity index (χ2n) is 7.18. The minimum absolute atomic E-state index is 0.0126. The third-order valence-corrected chi connectivity index (χ3v) is 5.42. The van der Waals surface area contributed by atoms with Gasteiger partial charge in [0.1, 0.15) is 0 Å². The van der Waals surface area contributed by atoms with Gasteiger partial charge in [-0.15, -0.1) is 0 Å². The molecule has 1 N–H and O–H groups in total. The normalized spacial score (nSPS) is 17.8. The molecular weight excluding hydrogens is 310 g/mol. The number of aromatic nitrogens is 1. The van der Waals surface area contributed by atoms with E-state index >= 15 is 0 Å². The van der Waals surface area contributed by atoms with Crippen molar-refractivity contribution in [2.24, 2.45) is 0 Å². The van der Waals surface area contributed by atoms with Gasteiger partial charge in [-0.05, 0) is 36.5 Å². The van der Waals surface area contributed by atoms with Gasteiger partial charge in [-0.3, -0.25) is 9.78 Å². The summed E-state index contributed by atoms with van der Waals surface area (Å²) in [6.45, 7) is 1.85. The lowest BCUT2D eigenvalue weighted by atomic mass is 9.95. The van der Waals surface area contributed by atoms with Crippen LogP contribution < -0.4 is 10.2 Å². The van der Waals surface area contributed by atoms with Crippen molar-refractivity contribution >= 4 is 11.6 Å². The van der Waals surface area contributed by atoms with Crippen LogP contribution in [0.25, 0.3) is 0 Å². The lowest BCUT2D eigenvalue weighted by Crippen LogP contribution is -2.36. The highest BCUT2D eigenvalue weighted by molar-refractivity contribution is 5.95. The molecule has 1 saturated carbocycles. The molecule has 0 spiro atoms. The Bertz CT molecular complexity index is 752. The smallest absolute Gasteiger partial charge is 0.253 e. The van der Waals surface area contributed by atoms with E-state index in [1.807, 2.05) is 12.3 Å². The Balaban J connectivity index is 1.47. The van der Waals surface area contributed by atoms with Gasteiger partial charge in [0.25, 0.3) is 5.91 Å². The molecule has 4 nitrogen and oxygen atoms in total. The van der Waals surface area contributed by atoms with Crippen molar-refractivity contribution in [2.45, 2.75) is 51.1 Å². The van der Waals surface area contributed by atoms with Gasteiger partial charge >= 0.3 is 0 Å². The van der Waals surface area contributed by atoms with Gasteiger partial charge in [-0.1, -0.05) is 43.5 Å². The van der Waals surface area contributed by atoms with E-state index < -0.39 is 0 Å². The third-order valence-electron chi connectivity index (χ3n) is 5.42. The highest BCUT2D eigenvalue weighted by Crippen LogP contribution is 2.24. The molecule has 0 saturated heterocycles. The summed E-state index contributed by atoms with van der Waals surface area (Å²) in [7, 11) is 0. The minimum Gasteiger partial charge on any atom is -0.366 e. The summed E-state index contributed by atoms with van der Waals surface area (Å²) in [5.74, 6) is 0.0126. The first kappa shape index (κ1) is 16.1. The van der Waals surface area contributed by atoms with Gasteiger partial charge in [-0.2, -0.15) is 0 Å². The number of carbonyl (C=O) groups is 1. The molecule has 1 aliphatic heterocycles. The van der Waals surface area contributed by atoms with Gasteiger partial charge in [0.2, 0.25) is 0 Å². The quantitative estimate of drug-likeness (QED) is 0.930. The monoisotopic (exact) mass is 335 g/mol. The first-order valence-electron chi connectivity index (χ1n) is 9.37. The van der Waals surface area contributed by atoms with Gasteiger partial charge in [0.05, 0.1) is 17.4 Å². The second kappa shape index (κ2) is 7.26. The maximum atomic E-state index is 12.6. The van der Waals surface area contributed by atoms with Crippen LogP contribution >= 0.6 is 0 Å². The summed E-state index contributed by atoms with van der Waals surface area (Å²) in [5.41, 5.74) is 4.50. The number of amides is 1. The van der Waals surface area contributed by atoms with E-state index in [2.05, 4.69) is 39.5 Å². The van der Waals surface area contributed by atoms with Crippen molar-refractivity contribution in [2.75, 3.05) is 11.4 Å². The molecule has 0 radical (unpaired) electrons. The first-order chi connectivity index (χ1) is 12.3. The molecule has 2 aromatic rings. The first-order valence-corrected chi connectivity index (χ1v) is 9.37. The Kier molecular flexibility index (Phi) is 4.68. The number of hydrogen-bond donors (Lipinski definition) is 1. The molecule has 1 aliphatic carbocycles. The van der Waals surface area contributed by atoms with Crippen LogP contribution in [0.15, 0.2) is 42.7 Å². The average Bonchev–Trinajstić information content (AvgIpc) is 2.68. The van der Waals surface area contributed by atoms with Crippen molar-refractivity contribution in [1.82, 2.24) is 10.3 Å². The maximum Gasteiger partial charge on any atom is 0.253 e. The van der Waals surface area contributed by atoms with Crippen LogP contribution in [0.1, 0.15) is 53.6 Å². The topological polar surface area (TPSA) is 45.2 Å². The molecule has 1 amide bonds. The highest BCUT2D eigenvalue weighted by atomic mass is 16.1. The fourth-order valence-corrected chi connectivity index (χ4v) is 3.96. The Morgan fingerprint density at radius 3 is 2.72 bits per heavy atom. The van der Waals surface area contributed by atoms with Gasteiger partial charge in [0.15, 0.2) is 0 Å². The molecule has 25 heavy (non-hydrogen) atoms. The van der Waals surface area contributed by atoms with Crippen LogP contribution in [-0.4, -0.2) is 23.5 Å². The van der Waals surface area contributed by atoms with Crippen LogP contribution in [-0.2, 0) is 13.0 Å². The van der Waals surface area contributed by atoms with Crippen molar-refractivity contribution in [1.29, 1.82) is 0 Å². The van der Waals surface area contributed by atoms with Gasteiger partial charge < -0.3 is 10.2 Å². The SMILES string of the molecule is O=C(NC1CCCCC1)c1cncc(N2CCc3ccccc3C2)c1. The maximum absolute atomic E-state index is 12.6. The molecule has 4 heteroatoms. The predicted molar refractivity (Wildman–Crippen MR) is 99.8 cm³/mol. The molecule has 2 heterocycles. The molecule has 0 unspecified atom stereocenters. The number of benzene rings is 1. The summed E-state index contributed by atoms with van der Waals surface area (Å²) in [5, 5.41) is 3.18. The molecule has 1 aromatic carbocycles. The molecule has 1 fully saturated rings. The Labute approximate surface area is 149 Å². The number of nitrogens with one attached hydrogen (secondary N) is 1. The Hall–Kier alpha value is -2.36. The summed E-state index contributed by atoms with van der Waals surface area (Å²) in [6.07, 6.45) is 10.5. The molecule has 0 bridgehead atoms. The fourth-order valence-electron chi connectivity index (χ4n) is 3.96. The van der Waals surface area contributed by atoms with E-state index in [-0.39, 0.29) is 5.91 Å². The molecule has 4 rings (SSSR count). The second-order valence-corrected chi connectivity index (χ2v) is 7.18. The van der Waals surface area contributed by atoms with Crippen molar-refractivity contribution < 1.29 is 4.79 Å². The Morgan fingerprint density at radius 2 is 1.88 bits per heavy atom. The fraction of sp³-hybridized carbons (Fsp3) is 0.429. The van der Waals surface area contributed by atoms with Crippen molar-refractivity contribution in [3.8, 4) is 0 Å². The van der Waals surface area contributed by atoms with E-state index in [1.54, 1.807) is 6.20 Å². The number of pyridine rings is 1. The van der Waals surface area contributed by atoms with Crippen LogP contribution in [0.4, 0.5) is 5.69 Å². The largest absolute Gasteiger partial charge is 0.366 e. The summed E-state index contributed by atoms with van der Waals surface area (Å²) < 4.78 is 0. The van der Waals surface area contributed by atoms with Crippen molar-refractivity contribution in [3.05, 3.63) is 59.4 Å². The average molecular weight is 335 g/mol.